The maximum Gasteiger partial charge on any atom is 0.303 e. The second-order valence-electron chi connectivity index (χ2n) is 27.1. The van der Waals surface area contributed by atoms with Crippen molar-refractivity contribution >= 4 is 143 Å². The molecule has 0 aliphatic carbocycles. The smallest absolute Gasteiger partial charge is 0.303 e. The number of hydrogen-bond donors (Lipinski definition) is 5. The van der Waals surface area contributed by atoms with Crippen LogP contribution < -0.4 is 27.0 Å². The lowest BCUT2D eigenvalue weighted by Gasteiger charge is -2.35. The highest BCUT2D eigenvalue weighted by Crippen LogP contribution is 2.27. The van der Waals surface area contributed by atoms with Crippen LogP contribution in [0, 0.1) is 11.8 Å². The molecule has 0 aliphatic heterocycles. The minimum atomic E-state index is -2.40. The third-order valence-corrected chi connectivity index (χ3v) is 16.1. The van der Waals surface area contributed by atoms with Crippen LogP contribution in [0.25, 0.3) is 0 Å². The van der Waals surface area contributed by atoms with Crippen LogP contribution in [-0.2, 0) is 200 Å². The van der Waals surface area contributed by atoms with E-state index in [2.05, 4.69) is 21.3 Å². The highest BCUT2D eigenvalue weighted by molar-refractivity contribution is 5.89. The van der Waals surface area contributed by atoms with Gasteiger partial charge in [-0.25, -0.2) is 0 Å². The molecule has 49 nitrogen and oxygen atoms in total. The molecule has 6 amide bonds. The van der Waals surface area contributed by atoms with E-state index in [9.17, 15) is 115 Å². The molecule has 0 aromatic carbocycles. The number of nitrogens with one attached hydrogen (secondary N) is 4. The molecule has 16 unspecified atom stereocenters. The van der Waals surface area contributed by atoms with Gasteiger partial charge in [0.2, 0.25) is 30.1 Å². The Balaban J connectivity index is 8.68. The van der Waals surface area contributed by atoms with Crippen molar-refractivity contribution in [2.24, 2.45) is 17.6 Å². The van der Waals surface area contributed by atoms with Crippen LogP contribution in [0.3, 0.4) is 0 Å². The van der Waals surface area contributed by atoms with Gasteiger partial charge in [-0.15, -0.1) is 0 Å². The fraction of sp³-hybridized carbons (Fsp3) is 0.680. The van der Waals surface area contributed by atoms with Crippen molar-refractivity contribution in [3.8, 4) is 0 Å². The summed E-state index contributed by atoms with van der Waals surface area (Å²) in [5.41, 5.74) is 6.59. The van der Waals surface area contributed by atoms with Crippen molar-refractivity contribution in [2.75, 3.05) is 78.8 Å². The van der Waals surface area contributed by atoms with Gasteiger partial charge in [-0.05, 0) is 6.42 Å². The predicted octanol–water partition coefficient (Wildman–Crippen LogP) is -4.22. The first-order valence-electron chi connectivity index (χ1n) is 38.0. The number of carbonyl (C=O) groups is 24. The van der Waals surface area contributed by atoms with Crippen molar-refractivity contribution in [3.63, 3.8) is 0 Å². The lowest BCUT2D eigenvalue weighted by atomic mass is 9.88. The van der Waals surface area contributed by atoms with Crippen LogP contribution in [0.4, 0.5) is 0 Å². The second kappa shape index (κ2) is 56.8. The van der Waals surface area contributed by atoms with Gasteiger partial charge in [0.1, 0.15) is 25.9 Å². The molecule has 0 aromatic rings. The average Bonchev–Trinajstić information content (AvgIpc) is 0.820. The van der Waals surface area contributed by atoms with Gasteiger partial charge in [0.15, 0.2) is 61.0 Å². The summed E-state index contributed by atoms with van der Waals surface area (Å²) in [6.07, 6.45) is -30.8. The first kappa shape index (κ1) is 111. The Labute approximate surface area is 711 Å². The number of nitrogens with zero attached hydrogens (tertiary/aromatic N) is 2. The van der Waals surface area contributed by atoms with E-state index in [0.717, 1.165) is 134 Å². The van der Waals surface area contributed by atoms with Crippen molar-refractivity contribution in [1.29, 1.82) is 0 Å². The van der Waals surface area contributed by atoms with Gasteiger partial charge >= 0.3 is 107 Å². The van der Waals surface area contributed by atoms with E-state index in [1.54, 1.807) is 0 Å². The molecule has 0 bridgehead atoms. The highest BCUT2D eigenvalue weighted by Gasteiger charge is 2.51. The number of ether oxygens (including phenoxy) is 18. The van der Waals surface area contributed by atoms with Crippen molar-refractivity contribution in [3.05, 3.63) is 0 Å². The standard InChI is InChI=1S/C75H111N7O42/c1-35(31-107-37(3)83)60(114-44(10)90)36(2)61(115-45(11)91)71(102)77-25-29-82(30-26-80-74(105)70(124-54(20)100)67(121-51(17)97)64(118-48(14)94)58(113-43(9)89)34-110-40(6)86)75(106)55(76)21-22-59(101)81(27-23-78-72(103)68(122-52(18)98)65(119-49(15)95)62(116-46(12)92)56(111-41(7)87)32-108-38(4)84)28-24-79-73(104)69(123-53(19)99)66(120-50(16)96)63(117-47(13)93)57(112-42(8)88)33-109-39(5)85/h35-36,55-58,60-70H,21-34,76H2,1-20H3,(H,77,102)(H,78,103)(H,79,104)(H,80,105)/t35?,36?,55-,56?,57?,58?,60?,61?,62?,63?,64?,65?,66?,67?,68?,69?,70?/m0/s1. The van der Waals surface area contributed by atoms with E-state index in [1.807, 2.05) is 0 Å². The van der Waals surface area contributed by atoms with Gasteiger partial charge in [-0.2, -0.15) is 0 Å². The maximum absolute atomic E-state index is 14.9. The monoisotopic (exact) mass is 1780 g/mol. The Morgan fingerprint density at radius 3 is 0.726 bits per heavy atom. The molecule has 0 spiro atoms. The van der Waals surface area contributed by atoms with E-state index in [4.69, 9.17) is 91.0 Å². The van der Waals surface area contributed by atoms with Gasteiger partial charge in [0.25, 0.3) is 23.6 Å². The first-order chi connectivity index (χ1) is 57.6. The third kappa shape index (κ3) is 45.2. The van der Waals surface area contributed by atoms with Gasteiger partial charge in [0.05, 0.1) is 12.6 Å². The van der Waals surface area contributed by atoms with Gasteiger partial charge in [-0.3, -0.25) is 115 Å². The number of nitrogens with two attached hydrogens (primary N) is 1. The number of esters is 18. The van der Waals surface area contributed by atoms with E-state index in [0.29, 0.717) is 0 Å². The Bertz CT molecular complexity index is 3680. The summed E-state index contributed by atoms with van der Waals surface area (Å²) in [5.74, 6) is -29.6. The second-order valence-corrected chi connectivity index (χ2v) is 27.1. The molecule has 0 aliphatic rings. The molecule has 0 rings (SSSR count). The maximum atomic E-state index is 14.9. The number of carbonyl (C=O) groups excluding carboxylic acids is 24. The van der Waals surface area contributed by atoms with Crippen molar-refractivity contribution in [1.82, 2.24) is 31.1 Å². The summed E-state index contributed by atoms with van der Waals surface area (Å²) in [6.45, 7) is 9.59. The Kier molecular flexibility index (Phi) is 50.9. The lowest BCUT2D eigenvalue weighted by molar-refractivity contribution is -0.203. The molecule has 49 heteroatoms. The summed E-state index contributed by atoms with van der Waals surface area (Å²) in [5, 5.41) is 9.48. The van der Waals surface area contributed by atoms with Crippen LogP contribution in [0.2, 0.25) is 0 Å². The lowest BCUT2D eigenvalue weighted by Crippen LogP contribution is -2.58. The zero-order valence-corrected chi connectivity index (χ0v) is 72.3. The quantitative estimate of drug-likeness (QED) is 0.0285. The molecule has 17 atom stereocenters. The Morgan fingerprint density at radius 2 is 0.476 bits per heavy atom. The molecule has 0 heterocycles. The van der Waals surface area contributed by atoms with Crippen molar-refractivity contribution in [2.45, 2.75) is 243 Å². The van der Waals surface area contributed by atoms with E-state index < -0.39 is 331 Å². The fourth-order valence-electron chi connectivity index (χ4n) is 11.5. The Morgan fingerprint density at radius 1 is 0.258 bits per heavy atom. The van der Waals surface area contributed by atoms with Crippen LogP contribution >= 0.6 is 0 Å². The number of rotatable bonds is 54. The predicted molar refractivity (Wildman–Crippen MR) is 405 cm³/mol. The summed E-state index contributed by atoms with van der Waals surface area (Å²) in [4.78, 5) is 314. The number of amides is 6. The Hall–Kier alpha value is -12.8. The van der Waals surface area contributed by atoms with E-state index in [1.165, 1.54) is 13.8 Å². The van der Waals surface area contributed by atoms with Crippen LogP contribution in [-0.4, -0.2) is 323 Å². The minimum absolute atomic E-state index is 0.357. The molecule has 0 fully saturated rings. The molecule has 124 heavy (non-hydrogen) atoms. The SMILES string of the molecule is CC(=O)OCC(C)C(OC(C)=O)C(C)C(OC(C)=O)C(=O)NCCN(CCNC(=O)C(OC(C)=O)C(OC(C)=O)C(OC(C)=O)C(COC(C)=O)OC(C)=O)C(=O)[C@@H](N)CCC(=O)N(CCNC(=O)C(OC(C)=O)C(OC(C)=O)C(OC(C)=O)C(COC(C)=O)OC(C)=O)CCNC(=O)C(OC(C)=O)C(OC(C)=O)C(OC(C)=O)C(COC(C)=O)OC(C)=O. The summed E-state index contributed by atoms with van der Waals surface area (Å²) < 4.78 is 94.9. The minimum Gasteiger partial charge on any atom is -0.465 e. The first-order valence-corrected chi connectivity index (χ1v) is 38.0. The van der Waals surface area contributed by atoms with Gasteiger partial charge in [0, 0.05) is 195 Å². The van der Waals surface area contributed by atoms with Gasteiger partial charge in [-0.1, -0.05) is 13.8 Å². The summed E-state index contributed by atoms with van der Waals surface area (Å²) >= 11 is 0. The largest absolute Gasteiger partial charge is 0.465 e. The fourth-order valence-corrected chi connectivity index (χ4v) is 11.5. The van der Waals surface area contributed by atoms with Gasteiger partial charge < -0.3 is 122 Å². The molecule has 0 aromatic heterocycles. The highest BCUT2D eigenvalue weighted by atomic mass is 16.7. The molecular weight excluding hydrogens is 1670 g/mol. The molecule has 0 saturated carbocycles. The summed E-state index contributed by atoms with van der Waals surface area (Å²) in [6, 6.07) is -1.86. The topological polar surface area (TPSA) is 656 Å². The van der Waals surface area contributed by atoms with Crippen LogP contribution in [0.5, 0.6) is 0 Å². The molecule has 6 N–H and O–H groups in total. The van der Waals surface area contributed by atoms with E-state index >= 15 is 0 Å². The zero-order valence-electron chi connectivity index (χ0n) is 72.3. The molecule has 698 valence electrons. The van der Waals surface area contributed by atoms with Crippen molar-refractivity contribution < 1.29 is 200 Å². The summed E-state index contributed by atoms with van der Waals surface area (Å²) in [7, 11) is 0. The zero-order chi connectivity index (χ0) is 95.3. The van der Waals surface area contributed by atoms with E-state index in [-0.39, 0.29) is 6.61 Å². The number of hydrogen-bond acceptors (Lipinski definition) is 43. The normalized spacial score (nSPS) is 14.8. The average molecular weight is 1780 g/mol. The molecule has 0 radical (unpaired) electrons. The third-order valence-electron chi connectivity index (χ3n) is 16.1. The van der Waals surface area contributed by atoms with Crippen LogP contribution in [0.15, 0.2) is 0 Å². The molecule has 0 saturated heterocycles. The molecular formula is C75H111N7O42. The van der Waals surface area contributed by atoms with Crippen LogP contribution in [0.1, 0.15) is 151 Å².